The summed E-state index contributed by atoms with van der Waals surface area (Å²) in [6, 6.07) is 7.62. The lowest BCUT2D eigenvalue weighted by atomic mass is 10.1. The van der Waals surface area contributed by atoms with Gasteiger partial charge in [-0.15, -0.1) is 0 Å². The van der Waals surface area contributed by atoms with Crippen molar-refractivity contribution in [1.82, 2.24) is 4.90 Å². The van der Waals surface area contributed by atoms with Crippen LogP contribution in [-0.4, -0.2) is 31.1 Å². The number of benzene rings is 1. The van der Waals surface area contributed by atoms with Crippen LogP contribution in [0.1, 0.15) is 24.4 Å². The fraction of sp³-hybridized carbons (Fsp3) is 0.462. The normalized spacial score (nSPS) is 18.0. The minimum Gasteiger partial charge on any atom is -0.468 e. The Labute approximate surface area is 110 Å². The minimum atomic E-state index is -0.254. The second-order valence-corrected chi connectivity index (χ2v) is 5.14. The predicted molar refractivity (Wildman–Crippen MR) is 69.7 cm³/mol. The van der Waals surface area contributed by atoms with Gasteiger partial charge in [0.15, 0.2) is 0 Å². The lowest BCUT2D eigenvalue weighted by Crippen LogP contribution is -2.32. The summed E-state index contributed by atoms with van der Waals surface area (Å²) in [7, 11) is 1.45. The van der Waals surface area contributed by atoms with Crippen LogP contribution in [0.3, 0.4) is 0 Å². The van der Waals surface area contributed by atoms with Gasteiger partial charge in [0, 0.05) is 4.47 Å². The van der Waals surface area contributed by atoms with Crippen molar-refractivity contribution in [1.29, 1.82) is 0 Å². The number of likely N-dealkylation sites (tertiary alicyclic amines) is 1. The maximum absolute atomic E-state index is 11.9. The van der Waals surface area contributed by atoms with Gasteiger partial charge in [-0.2, -0.15) is 0 Å². The molecule has 2 rings (SSSR count). The Balaban J connectivity index is 2.25. The smallest absolute Gasteiger partial charge is 0.327 e. The Hall–Kier alpha value is -0.870. The van der Waals surface area contributed by atoms with Crippen LogP contribution in [0.2, 0.25) is 0 Å². The van der Waals surface area contributed by atoms with Gasteiger partial charge in [-0.25, -0.2) is 4.79 Å². The van der Waals surface area contributed by atoms with E-state index in [-0.39, 0.29) is 12.0 Å². The number of methoxy groups -OCH3 is 1. The van der Waals surface area contributed by atoms with Crippen LogP contribution in [-0.2, 0) is 9.53 Å². The average Bonchev–Trinajstić information content (AvgIpc) is 2.85. The van der Waals surface area contributed by atoms with Crippen molar-refractivity contribution in [2.75, 3.05) is 20.2 Å². The van der Waals surface area contributed by atoms with Gasteiger partial charge in [0.05, 0.1) is 7.11 Å². The molecule has 1 heterocycles. The first-order valence-corrected chi connectivity index (χ1v) is 6.59. The molecule has 17 heavy (non-hydrogen) atoms. The molecule has 1 unspecified atom stereocenters. The Kier molecular flexibility index (Phi) is 4.18. The van der Waals surface area contributed by atoms with Crippen LogP contribution in [0.25, 0.3) is 0 Å². The zero-order valence-electron chi connectivity index (χ0n) is 9.86. The Morgan fingerprint density at radius 2 is 1.88 bits per heavy atom. The highest BCUT2D eigenvalue weighted by atomic mass is 79.9. The highest BCUT2D eigenvalue weighted by Crippen LogP contribution is 2.27. The molecule has 1 aromatic carbocycles. The summed E-state index contributed by atoms with van der Waals surface area (Å²) in [5.41, 5.74) is 1.00. The van der Waals surface area contributed by atoms with Crippen molar-refractivity contribution in [3.05, 3.63) is 34.3 Å². The number of halogens is 1. The van der Waals surface area contributed by atoms with E-state index in [0.29, 0.717) is 0 Å². The average molecular weight is 298 g/mol. The molecule has 1 atom stereocenters. The van der Waals surface area contributed by atoms with Gasteiger partial charge in [-0.3, -0.25) is 4.90 Å². The third-order valence-corrected chi connectivity index (χ3v) is 3.64. The van der Waals surface area contributed by atoms with Crippen LogP contribution in [0, 0.1) is 0 Å². The molecule has 92 valence electrons. The molecule has 0 aliphatic carbocycles. The summed E-state index contributed by atoms with van der Waals surface area (Å²) in [6.07, 6.45) is 2.31. The topological polar surface area (TPSA) is 29.5 Å². The number of nitrogens with zero attached hydrogens (tertiary/aromatic N) is 1. The van der Waals surface area contributed by atoms with Gasteiger partial charge in [-0.05, 0) is 43.6 Å². The zero-order chi connectivity index (χ0) is 12.3. The Bertz CT molecular complexity index is 385. The van der Waals surface area contributed by atoms with E-state index in [1.807, 2.05) is 24.3 Å². The molecule has 0 radical (unpaired) electrons. The van der Waals surface area contributed by atoms with E-state index in [4.69, 9.17) is 4.74 Å². The molecule has 4 heteroatoms. The third kappa shape index (κ3) is 2.87. The summed E-state index contributed by atoms with van der Waals surface area (Å²) < 4.78 is 5.94. The van der Waals surface area contributed by atoms with Crippen molar-refractivity contribution in [3.8, 4) is 0 Å². The lowest BCUT2D eigenvalue weighted by molar-refractivity contribution is -0.146. The highest BCUT2D eigenvalue weighted by Gasteiger charge is 2.30. The van der Waals surface area contributed by atoms with E-state index in [9.17, 15) is 4.79 Å². The van der Waals surface area contributed by atoms with Gasteiger partial charge in [0.2, 0.25) is 0 Å². The van der Waals surface area contributed by atoms with E-state index in [1.54, 1.807) is 0 Å². The van der Waals surface area contributed by atoms with Crippen molar-refractivity contribution >= 4 is 21.9 Å². The number of carbonyl (C=O) groups excluding carboxylic acids is 1. The predicted octanol–water partition coefficient (Wildman–Crippen LogP) is 2.76. The fourth-order valence-corrected chi connectivity index (χ4v) is 2.52. The first-order valence-electron chi connectivity index (χ1n) is 5.79. The van der Waals surface area contributed by atoms with Crippen molar-refractivity contribution in [2.24, 2.45) is 0 Å². The molecule has 1 aliphatic heterocycles. The van der Waals surface area contributed by atoms with E-state index in [0.717, 1.165) is 36.0 Å². The lowest BCUT2D eigenvalue weighted by Gasteiger charge is -2.25. The van der Waals surface area contributed by atoms with Gasteiger partial charge >= 0.3 is 5.97 Å². The van der Waals surface area contributed by atoms with E-state index >= 15 is 0 Å². The highest BCUT2D eigenvalue weighted by molar-refractivity contribution is 9.10. The number of hydrogen-bond donors (Lipinski definition) is 0. The number of esters is 1. The van der Waals surface area contributed by atoms with Gasteiger partial charge < -0.3 is 4.74 Å². The molecule has 0 N–H and O–H groups in total. The summed E-state index contributed by atoms with van der Waals surface area (Å²) in [4.78, 5) is 14.1. The molecular formula is C13H16BrNO2. The van der Waals surface area contributed by atoms with Crippen LogP contribution < -0.4 is 0 Å². The molecule has 1 fully saturated rings. The van der Waals surface area contributed by atoms with Gasteiger partial charge in [0.25, 0.3) is 0 Å². The molecule has 1 aromatic rings. The van der Waals surface area contributed by atoms with Crippen LogP contribution in [0.4, 0.5) is 0 Å². The second-order valence-electron chi connectivity index (χ2n) is 4.22. The largest absolute Gasteiger partial charge is 0.468 e. The van der Waals surface area contributed by atoms with Crippen LogP contribution in [0.15, 0.2) is 28.7 Å². The van der Waals surface area contributed by atoms with Crippen LogP contribution in [0.5, 0.6) is 0 Å². The van der Waals surface area contributed by atoms with Gasteiger partial charge in [0.1, 0.15) is 6.04 Å². The van der Waals surface area contributed by atoms with E-state index < -0.39 is 0 Å². The first kappa shape index (κ1) is 12.6. The summed E-state index contributed by atoms with van der Waals surface area (Å²) in [5.74, 6) is -0.172. The minimum absolute atomic E-state index is 0.172. The second kappa shape index (κ2) is 5.65. The van der Waals surface area contributed by atoms with Crippen molar-refractivity contribution in [3.63, 3.8) is 0 Å². The summed E-state index contributed by atoms with van der Waals surface area (Å²) >= 11 is 3.40. The number of rotatable bonds is 3. The molecule has 0 spiro atoms. The zero-order valence-corrected chi connectivity index (χ0v) is 11.4. The standard InChI is InChI=1S/C13H16BrNO2/c1-17-13(16)12(15-8-2-3-9-15)10-4-6-11(14)7-5-10/h4-7,12H,2-3,8-9H2,1H3. The van der Waals surface area contributed by atoms with Crippen molar-refractivity contribution in [2.45, 2.75) is 18.9 Å². The third-order valence-electron chi connectivity index (χ3n) is 3.12. The Morgan fingerprint density at radius 1 is 1.29 bits per heavy atom. The number of carbonyl (C=O) groups is 1. The molecular weight excluding hydrogens is 282 g/mol. The molecule has 0 saturated carbocycles. The number of hydrogen-bond acceptors (Lipinski definition) is 3. The summed E-state index contributed by atoms with van der Waals surface area (Å²) in [6.45, 7) is 1.94. The quantitative estimate of drug-likeness (QED) is 0.804. The van der Waals surface area contributed by atoms with Gasteiger partial charge in [-0.1, -0.05) is 28.1 Å². The fourth-order valence-electron chi connectivity index (χ4n) is 2.25. The number of ether oxygens (including phenoxy) is 1. The molecule has 3 nitrogen and oxygen atoms in total. The molecule has 0 amide bonds. The molecule has 1 saturated heterocycles. The van der Waals surface area contributed by atoms with E-state index in [2.05, 4.69) is 20.8 Å². The Morgan fingerprint density at radius 3 is 2.41 bits per heavy atom. The maximum atomic E-state index is 11.9. The van der Waals surface area contributed by atoms with E-state index in [1.165, 1.54) is 7.11 Å². The first-order chi connectivity index (χ1) is 8.22. The molecule has 1 aliphatic rings. The monoisotopic (exact) mass is 297 g/mol. The maximum Gasteiger partial charge on any atom is 0.327 e. The van der Waals surface area contributed by atoms with Crippen LogP contribution >= 0.6 is 15.9 Å². The van der Waals surface area contributed by atoms with Crippen molar-refractivity contribution < 1.29 is 9.53 Å². The molecule has 0 aromatic heterocycles. The SMILES string of the molecule is COC(=O)C(c1ccc(Br)cc1)N1CCCC1. The molecule has 0 bridgehead atoms. The summed E-state index contributed by atoms with van der Waals surface area (Å²) in [5, 5.41) is 0.